The third kappa shape index (κ3) is 3.12. The van der Waals surface area contributed by atoms with Gasteiger partial charge in [-0.25, -0.2) is 4.98 Å². The summed E-state index contributed by atoms with van der Waals surface area (Å²) in [6.45, 7) is 3.14. The fraction of sp³-hybridized carbons (Fsp3) is 0.389. The molecule has 126 valence electrons. The van der Waals surface area contributed by atoms with Crippen LogP contribution in [0.4, 0.5) is 11.4 Å². The fourth-order valence-corrected chi connectivity index (χ4v) is 4.17. The first-order valence-electron chi connectivity index (χ1n) is 8.43. The number of fused-ring (bicyclic) bond motifs is 1. The number of imidazole rings is 1. The molecular weight excluding hydrogens is 320 g/mol. The molecule has 24 heavy (non-hydrogen) atoms. The van der Waals surface area contributed by atoms with E-state index < -0.39 is 0 Å². The Morgan fingerprint density at radius 3 is 2.88 bits per heavy atom. The van der Waals surface area contributed by atoms with Gasteiger partial charge in [-0.05, 0) is 30.9 Å². The topological polar surface area (TPSA) is 52.8 Å². The molecule has 1 aromatic carbocycles. The van der Waals surface area contributed by atoms with Crippen molar-refractivity contribution >= 4 is 27.7 Å². The predicted molar refractivity (Wildman–Crippen MR) is 98.9 cm³/mol. The number of para-hydroxylation sites is 2. The predicted octanol–water partition coefficient (Wildman–Crippen LogP) is 3.22. The highest BCUT2D eigenvalue weighted by atomic mass is 32.1. The molecular formula is C18H22N4OS. The normalized spacial score (nSPS) is 16.0. The first kappa shape index (κ1) is 15.5. The van der Waals surface area contributed by atoms with Gasteiger partial charge in [0.05, 0.1) is 17.9 Å². The molecule has 1 saturated heterocycles. The Bertz CT molecular complexity index is 776. The van der Waals surface area contributed by atoms with Crippen molar-refractivity contribution in [2.75, 3.05) is 29.9 Å². The van der Waals surface area contributed by atoms with Crippen LogP contribution in [0.2, 0.25) is 0 Å². The first-order chi connectivity index (χ1) is 11.8. The van der Waals surface area contributed by atoms with Crippen molar-refractivity contribution in [2.24, 2.45) is 5.92 Å². The number of nitrogens with zero attached hydrogens (tertiary/aromatic N) is 3. The molecule has 1 aliphatic rings. The Balaban J connectivity index is 1.46. The molecule has 0 radical (unpaired) electrons. The number of piperidine rings is 1. The minimum Gasteiger partial charge on any atom is -0.396 e. The molecule has 0 saturated carbocycles. The van der Waals surface area contributed by atoms with Gasteiger partial charge in [-0.1, -0.05) is 23.5 Å². The highest BCUT2D eigenvalue weighted by Crippen LogP contribution is 2.30. The van der Waals surface area contributed by atoms with E-state index in [0.29, 0.717) is 12.5 Å². The van der Waals surface area contributed by atoms with E-state index in [2.05, 4.69) is 50.1 Å². The maximum atomic E-state index is 9.32. The molecule has 5 nitrogen and oxygen atoms in total. The number of aromatic nitrogens is 2. The first-order valence-corrected chi connectivity index (χ1v) is 9.25. The van der Waals surface area contributed by atoms with E-state index in [4.69, 9.17) is 0 Å². The van der Waals surface area contributed by atoms with Gasteiger partial charge in [0, 0.05) is 43.2 Å². The van der Waals surface area contributed by atoms with E-state index in [1.54, 1.807) is 11.3 Å². The average Bonchev–Trinajstić information content (AvgIpc) is 3.22. The number of rotatable bonds is 5. The molecule has 3 aromatic rings. The SMILES string of the molecule is OCC1CCN(c2ccccc2NCc2cn3ccnc3s2)CC1. The molecule has 1 aliphatic heterocycles. The minimum atomic E-state index is 0.313. The van der Waals surface area contributed by atoms with Crippen LogP contribution < -0.4 is 10.2 Å². The van der Waals surface area contributed by atoms with Gasteiger partial charge in [0.25, 0.3) is 0 Å². The van der Waals surface area contributed by atoms with Crippen LogP contribution in [-0.4, -0.2) is 34.2 Å². The number of aliphatic hydroxyl groups is 1. The molecule has 0 bridgehead atoms. The third-order valence-corrected chi connectivity index (χ3v) is 5.72. The molecule has 2 aromatic heterocycles. The molecule has 0 aliphatic carbocycles. The number of aliphatic hydroxyl groups excluding tert-OH is 1. The van der Waals surface area contributed by atoms with Crippen LogP contribution in [0.15, 0.2) is 42.9 Å². The lowest BCUT2D eigenvalue weighted by atomic mass is 9.97. The van der Waals surface area contributed by atoms with E-state index in [9.17, 15) is 5.11 Å². The Morgan fingerprint density at radius 1 is 1.25 bits per heavy atom. The summed E-state index contributed by atoms with van der Waals surface area (Å²) in [5.74, 6) is 0.462. The molecule has 3 heterocycles. The van der Waals surface area contributed by atoms with Gasteiger partial charge in [-0.15, -0.1) is 0 Å². The van der Waals surface area contributed by atoms with Crippen LogP contribution in [-0.2, 0) is 6.54 Å². The van der Waals surface area contributed by atoms with E-state index >= 15 is 0 Å². The van der Waals surface area contributed by atoms with Gasteiger partial charge in [0.15, 0.2) is 4.96 Å². The number of anilines is 2. The molecule has 0 atom stereocenters. The number of thiazole rings is 1. The largest absolute Gasteiger partial charge is 0.396 e. The molecule has 1 fully saturated rings. The van der Waals surface area contributed by atoms with Gasteiger partial charge in [0.2, 0.25) is 0 Å². The summed E-state index contributed by atoms with van der Waals surface area (Å²) in [5.41, 5.74) is 2.43. The Morgan fingerprint density at radius 2 is 2.08 bits per heavy atom. The molecule has 0 unspecified atom stereocenters. The Kier molecular flexibility index (Phi) is 4.40. The second-order valence-corrected chi connectivity index (χ2v) is 7.39. The lowest BCUT2D eigenvalue weighted by Crippen LogP contribution is -2.35. The lowest BCUT2D eigenvalue weighted by Gasteiger charge is -2.34. The standard InChI is InChI=1S/C18H22N4OS/c23-13-14-5-8-21(9-6-14)17-4-2-1-3-16(17)20-11-15-12-22-10-7-19-18(22)24-15/h1-4,7,10,12,14,20,23H,5-6,8-9,11,13H2. The maximum absolute atomic E-state index is 9.32. The van der Waals surface area contributed by atoms with Gasteiger partial charge >= 0.3 is 0 Å². The highest BCUT2D eigenvalue weighted by Gasteiger charge is 2.20. The fourth-order valence-electron chi connectivity index (χ4n) is 3.29. The summed E-state index contributed by atoms with van der Waals surface area (Å²) in [7, 11) is 0. The van der Waals surface area contributed by atoms with Crippen LogP contribution >= 0.6 is 11.3 Å². The van der Waals surface area contributed by atoms with E-state index in [1.165, 1.54) is 16.3 Å². The molecule has 6 heteroatoms. The van der Waals surface area contributed by atoms with E-state index in [-0.39, 0.29) is 0 Å². The number of nitrogens with one attached hydrogen (secondary N) is 1. The molecule has 0 spiro atoms. The van der Waals surface area contributed by atoms with Crippen molar-refractivity contribution in [3.63, 3.8) is 0 Å². The van der Waals surface area contributed by atoms with E-state index in [0.717, 1.165) is 37.4 Å². The second kappa shape index (κ2) is 6.83. The summed E-state index contributed by atoms with van der Waals surface area (Å²) < 4.78 is 2.06. The zero-order valence-corrected chi connectivity index (χ0v) is 14.4. The van der Waals surface area contributed by atoms with Crippen molar-refractivity contribution in [1.29, 1.82) is 0 Å². The summed E-state index contributed by atoms with van der Waals surface area (Å²) in [6, 6.07) is 8.50. The Labute approximate surface area is 145 Å². The smallest absolute Gasteiger partial charge is 0.193 e. The van der Waals surface area contributed by atoms with Gasteiger partial charge in [-0.2, -0.15) is 0 Å². The van der Waals surface area contributed by atoms with Crippen molar-refractivity contribution < 1.29 is 5.11 Å². The summed E-state index contributed by atoms with van der Waals surface area (Å²) in [5, 5.41) is 12.9. The van der Waals surface area contributed by atoms with Crippen LogP contribution in [0.3, 0.4) is 0 Å². The van der Waals surface area contributed by atoms with Crippen LogP contribution in [0.5, 0.6) is 0 Å². The van der Waals surface area contributed by atoms with Crippen molar-refractivity contribution in [1.82, 2.24) is 9.38 Å². The van der Waals surface area contributed by atoms with Gasteiger partial charge < -0.3 is 15.3 Å². The van der Waals surface area contributed by atoms with Crippen molar-refractivity contribution in [3.8, 4) is 0 Å². The zero-order chi connectivity index (χ0) is 16.4. The lowest BCUT2D eigenvalue weighted by molar-refractivity contribution is 0.203. The second-order valence-electron chi connectivity index (χ2n) is 6.30. The monoisotopic (exact) mass is 342 g/mol. The summed E-state index contributed by atoms with van der Waals surface area (Å²) in [4.78, 5) is 9.06. The number of hydrogen-bond acceptors (Lipinski definition) is 5. The third-order valence-electron chi connectivity index (χ3n) is 4.71. The highest BCUT2D eigenvalue weighted by molar-refractivity contribution is 7.17. The van der Waals surface area contributed by atoms with Crippen molar-refractivity contribution in [3.05, 3.63) is 47.7 Å². The number of benzene rings is 1. The summed E-state index contributed by atoms with van der Waals surface area (Å²) >= 11 is 1.72. The molecule has 4 rings (SSSR count). The average molecular weight is 342 g/mol. The number of hydrogen-bond donors (Lipinski definition) is 2. The van der Waals surface area contributed by atoms with Crippen LogP contribution in [0, 0.1) is 5.92 Å². The maximum Gasteiger partial charge on any atom is 0.193 e. The minimum absolute atomic E-state index is 0.313. The summed E-state index contributed by atoms with van der Waals surface area (Å²) in [6.07, 6.45) is 8.07. The van der Waals surface area contributed by atoms with Gasteiger partial charge in [-0.3, -0.25) is 4.40 Å². The van der Waals surface area contributed by atoms with Crippen molar-refractivity contribution in [2.45, 2.75) is 19.4 Å². The van der Waals surface area contributed by atoms with Crippen LogP contribution in [0.25, 0.3) is 4.96 Å². The Hall–Kier alpha value is -2.05. The molecule has 0 amide bonds. The van der Waals surface area contributed by atoms with Crippen LogP contribution in [0.1, 0.15) is 17.7 Å². The van der Waals surface area contributed by atoms with Gasteiger partial charge in [0.1, 0.15) is 0 Å². The zero-order valence-electron chi connectivity index (χ0n) is 13.6. The quantitative estimate of drug-likeness (QED) is 0.747. The van der Waals surface area contributed by atoms with E-state index in [1.807, 2.05) is 12.4 Å². The molecule has 2 N–H and O–H groups in total.